The summed E-state index contributed by atoms with van der Waals surface area (Å²) in [5.74, 6) is 3.82. The lowest BCUT2D eigenvalue weighted by Gasteiger charge is -2.36. The van der Waals surface area contributed by atoms with E-state index in [-0.39, 0.29) is 11.6 Å². The first kappa shape index (κ1) is 19.6. The van der Waals surface area contributed by atoms with Crippen LogP contribution in [0, 0.1) is 12.3 Å². The Bertz CT molecular complexity index is 895. The molecule has 1 aromatic carbocycles. The highest BCUT2D eigenvalue weighted by Gasteiger charge is 2.39. The fourth-order valence-electron chi connectivity index (χ4n) is 4.14. The van der Waals surface area contributed by atoms with E-state index in [1.54, 1.807) is 0 Å². The zero-order valence-corrected chi connectivity index (χ0v) is 17.0. The van der Waals surface area contributed by atoms with Crippen LogP contribution in [0.4, 0.5) is 0 Å². The molecule has 0 atom stereocenters. The number of hydrogen-bond donors (Lipinski definition) is 1. The van der Waals surface area contributed by atoms with E-state index >= 15 is 0 Å². The van der Waals surface area contributed by atoms with Crippen molar-refractivity contribution < 1.29 is 4.79 Å². The number of terminal acetylenes is 1. The highest BCUT2D eigenvalue weighted by Crippen LogP contribution is 2.37. The highest BCUT2D eigenvalue weighted by molar-refractivity contribution is 5.76. The van der Waals surface area contributed by atoms with E-state index in [4.69, 9.17) is 6.42 Å². The maximum atomic E-state index is 12.6. The third-order valence-electron chi connectivity index (χ3n) is 6.07. The lowest BCUT2D eigenvalue weighted by atomic mass is 10.00. The second kappa shape index (κ2) is 8.34. The number of rotatable bonds is 8. The van der Waals surface area contributed by atoms with Crippen LogP contribution in [0.5, 0.6) is 0 Å². The summed E-state index contributed by atoms with van der Waals surface area (Å²) in [5, 5.41) is 8.24. The van der Waals surface area contributed by atoms with Gasteiger partial charge in [-0.15, -0.1) is 12.3 Å². The maximum absolute atomic E-state index is 12.6. The monoisotopic (exact) mass is 392 g/mol. The van der Waals surface area contributed by atoms with Crippen molar-refractivity contribution in [2.45, 2.75) is 56.8 Å². The number of fused-ring (bicyclic) bond motifs is 1. The van der Waals surface area contributed by atoms with Gasteiger partial charge in [0, 0.05) is 44.8 Å². The van der Waals surface area contributed by atoms with E-state index in [1.165, 1.54) is 0 Å². The van der Waals surface area contributed by atoms with Gasteiger partial charge in [0.1, 0.15) is 5.82 Å². The number of H-pyrrole nitrogens is 1. The molecule has 7 nitrogen and oxygen atoms in total. The minimum absolute atomic E-state index is 0.209. The Kier molecular flexibility index (Phi) is 5.63. The molecule has 0 radical (unpaired) electrons. The molecule has 1 fully saturated rings. The first-order valence-electron chi connectivity index (χ1n) is 10.4. The molecule has 1 N–H and O–H groups in total. The highest BCUT2D eigenvalue weighted by atomic mass is 16.2. The van der Waals surface area contributed by atoms with Gasteiger partial charge in [-0.05, 0) is 32.0 Å². The van der Waals surface area contributed by atoms with E-state index in [0.717, 1.165) is 55.8 Å². The van der Waals surface area contributed by atoms with Crippen LogP contribution in [0.25, 0.3) is 11.0 Å². The predicted octanol–water partition coefficient (Wildman–Crippen LogP) is 3.34. The third-order valence-corrected chi connectivity index (χ3v) is 6.07. The molecule has 3 heterocycles. The molecular weight excluding hydrogens is 364 g/mol. The molecule has 152 valence electrons. The average molecular weight is 393 g/mol. The lowest BCUT2D eigenvalue weighted by molar-refractivity contribution is -0.133. The molecule has 0 bridgehead atoms. The fourth-order valence-corrected chi connectivity index (χ4v) is 4.14. The van der Waals surface area contributed by atoms with Gasteiger partial charge in [0.25, 0.3) is 0 Å². The van der Waals surface area contributed by atoms with Gasteiger partial charge < -0.3 is 9.88 Å². The molecule has 0 spiro atoms. The number of carbonyl (C=O) groups is 1. The summed E-state index contributed by atoms with van der Waals surface area (Å²) >= 11 is 0. The minimum atomic E-state index is -0.368. The van der Waals surface area contributed by atoms with Crippen molar-refractivity contribution in [1.82, 2.24) is 19.8 Å². The molecule has 2 aliphatic rings. The van der Waals surface area contributed by atoms with Gasteiger partial charge in [0.2, 0.25) is 5.91 Å². The second-order valence-corrected chi connectivity index (χ2v) is 8.11. The second-order valence-electron chi connectivity index (χ2n) is 8.11. The van der Waals surface area contributed by atoms with Crippen LogP contribution in [0.3, 0.4) is 0 Å². The first-order valence-corrected chi connectivity index (χ1v) is 10.4. The Balaban J connectivity index is 1.22. The number of para-hydroxylation sites is 2. The van der Waals surface area contributed by atoms with Gasteiger partial charge >= 0.3 is 0 Å². The normalized spacial score (nSPS) is 18.3. The number of aromatic amines is 1. The lowest BCUT2D eigenvalue weighted by Crippen LogP contribution is -2.45. The summed E-state index contributed by atoms with van der Waals surface area (Å²) in [5.41, 5.74) is 1.71. The largest absolute Gasteiger partial charge is 0.343 e. The zero-order chi connectivity index (χ0) is 20.3. The van der Waals surface area contributed by atoms with Gasteiger partial charge in [-0.25, -0.2) is 4.98 Å². The number of imidazole rings is 1. The third kappa shape index (κ3) is 4.65. The molecule has 29 heavy (non-hydrogen) atoms. The van der Waals surface area contributed by atoms with Crippen molar-refractivity contribution in [1.29, 1.82) is 0 Å². The molecule has 1 amide bonds. The Morgan fingerprint density at radius 2 is 2.07 bits per heavy atom. The summed E-state index contributed by atoms with van der Waals surface area (Å²) in [6, 6.07) is 8.56. The Hall–Kier alpha value is -2.72. The molecule has 0 unspecified atom stereocenters. The molecular formula is C22H28N6O. The van der Waals surface area contributed by atoms with Gasteiger partial charge in [0.05, 0.1) is 17.6 Å². The molecule has 2 aliphatic heterocycles. The van der Waals surface area contributed by atoms with Crippen molar-refractivity contribution in [2.24, 2.45) is 10.2 Å². The number of piperidine rings is 1. The molecule has 0 aliphatic carbocycles. The zero-order valence-electron chi connectivity index (χ0n) is 17.0. The standard InChI is InChI=1S/C22H28N6O/c1-3-4-12-22(25-26-22)13-9-21(29)28-14-10-17(11-15-28)27(2)16-20-23-18-7-5-6-8-19(18)24-20/h1,5-8,17H,4,9-16H2,2H3,(H,23,24). The molecule has 4 rings (SSSR count). The number of nitrogens with one attached hydrogen (secondary N) is 1. The smallest absolute Gasteiger partial charge is 0.222 e. The van der Waals surface area contributed by atoms with Gasteiger partial charge in [-0.3, -0.25) is 9.69 Å². The first-order chi connectivity index (χ1) is 14.1. The van der Waals surface area contributed by atoms with Crippen LogP contribution < -0.4 is 0 Å². The Morgan fingerprint density at radius 1 is 1.31 bits per heavy atom. The fraction of sp³-hybridized carbons (Fsp3) is 0.545. The predicted molar refractivity (Wildman–Crippen MR) is 112 cm³/mol. The number of aromatic nitrogens is 2. The van der Waals surface area contributed by atoms with E-state index in [0.29, 0.717) is 25.3 Å². The summed E-state index contributed by atoms with van der Waals surface area (Å²) in [7, 11) is 2.14. The number of hydrogen-bond acceptors (Lipinski definition) is 5. The van der Waals surface area contributed by atoms with Gasteiger partial charge in [0.15, 0.2) is 5.66 Å². The molecule has 1 aromatic heterocycles. The number of benzene rings is 1. The average Bonchev–Trinajstić information content (AvgIpc) is 3.40. The van der Waals surface area contributed by atoms with Crippen LogP contribution in [-0.2, 0) is 11.3 Å². The van der Waals surface area contributed by atoms with Crippen molar-refractivity contribution in [3.8, 4) is 12.3 Å². The molecule has 2 aromatic rings. The maximum Gasteiger partial charge on any atom is 0.222 e. The summed E-state index contributed by atoms with van der Waals surface area (Å²) in [6.07, 6.45) is 9.88. The van der Waals surface area contributed by atoms with E-state index in [9.17, 15) is 4.79 Å². The van der Waals surface area contributed by atoms with E-state index < -0.39 is 0 Å². The van der Waals surface area contributed by atoms with Crippen LogP contribution >= 0.6 is 0 Å². The number of likely N-dealkylation sites (tertiary alicyclic amines) is 1. The minimum Gasteiger partial charge on any atom is -0.343 e. The van der Waals surface area contributed by atoms with Crippen molar-refractivity contribution in [3.05, 3.63) is 30.1 Å². The summed E-state index contributed by atoms with van der Waals surface area (Å²) in [4.78, 5) is 25.0. The number of nitrogens with zero attached hydrogens (tertiary/aromatic N) is 5. The number of amides is 1. The van der Waals surface area contributed by atoms with E-state index in [2.05, 4.69) is 44.1 Å². The molecule has 1 saturated heterocycles. The topological polar surface area (TPSA) is 77.0 Å². The van der Waals surface area contributed by atoms with Crippen LogP contribution in [-0.4, -0.2) is 57.5 Å². The SMILES string of the molecule is C#CCCC1(CCC(=O)N2CCC(N(C)Cc3nc4ccccc4[nH]3)CC2)N=N1. The van der Waals surface area contributed by atoms with Crippen LogP contribution in [0.2, 0.25) is 0 Å². The Morgan fingerprint density at radius 3 is 2.76 bits per heavy atom. The van der Waals surface area contributed by atoms with Crippen LogP contribution in [0.1, 0.15) is 44.3 Å². The number of carbonyl (C=O) groups excluding carboxylic acids is 1. The van der Waals surface area contributed by atoms with E-state index in [1.807, 2.05) is 23.1 Å². The molecule has 7 heteroatoms. The summed E-state index contributed by atoms with van der Waals surface area (Å²) in [6.45, 7) is 2.40. The molecule has 0 saturated carbocycles. The van der Waals surface area contributed by atoms with Crippen molar-refractivity contribution >= 4 is 16.9 Å². The Labute approximate surface area is 171 Å². The van der Waals surface area contributed by atoms with Crippen LogP contribution in [0.15, 0.2) is 34.5 Å². The quantitative estimate of drug-likeness (QED) is 0.700. The summed E-state index contributed by atoms with van der Waals surface area (Å²) < 4.78 is 0. The van der Waals surface area contributed by atoms with Crippen molar-refractivity contribution in [2.75, 3.05) is 20.1 Å². The van der Waals surface area contributed by atoms with Gasteiger partial charge in [-0.1, -0.05) is 12.1 Å². The van der Waals surface area contributed by atoms with Crippen molar-refractivity contribution in [3.63, 3.8) is 0 Å². The van der Waals surface area contributed by atoms with Gasteiger partial charge in [-0.2, -0.15) is 10.2 Å².